The number of terminal acetylenes is 1. The fraction of sp³-hybridized carbons (Fsp3) is 0.579. The van der Waals surface area contributed by atoms with Gasteiger partial charge in [0.15, 0.2) is 6.10 Å². The summed E-state index contributed by atoms with van der Waals surface area (Å²) in [7, 11) is 2.07. The molecule has 1 aromatic rings. The van der Waals surface area contributed by atoms with Crippen LogP contribution in [-0.2, 0) is 16.0 Å². The molecule has 1 fully saturated rings. The highest BCUT2D eigenvalue weighted by atomic mass is 16.5. The molecule has 0 bridgehead atoms. The first-order chi connectivity index (χ1) is 12.1. The molecule has 6 heteroatoms. The second kappa shape index (κ2) is 10.1. The molecule has 6 nitrogen and oxygen atoms in total. The van der Waals surface area contributed by atoms with Gasteiger partial charge in [0.2, 0.25) is 0 Å². The molecule has 2 N–H and O–H groups in total. The van der Waals surface area contributed by atoms with Crippen LogP contribution in [0.1, 0.15) is 25.0 Å². The molecule has 0 saturated carbocycles. The quantitative estimate of drug-likeness (QED) is 0.675. The number of rotatable bonds is 8. The molecule has 1 aromatic heterocycles. The van der Waals surface area contributed by atoms with Crippen LogP contribution in [0.25, 0.3) is 0 Å². The van der Waals surface area contributed by atoms with Crippen molar-refractivity contribution < 1.29 is 14.6 Å². The number of carbonyl (C=O) groups excluding carboxylic acids is 1. The van der Waals surface area contributed by atoms with Crippen LogP contribution in [0.4, 0.5) is 0 Å². The summed E-state index contributed by atoms with van der Waals surface area (Å²) in [5, 5.41) is 12.6. The molecule has 3 atom stereocenters. The number of aromatic nitrogens is 1. The van der Waals surface area contributed by atoms with Crippen LogP contribution in [0, 0.1) is 12.3 Å². The number of aliphatic hydroxyl groups is 1. The van der Waals surface area contributed by atoms with E-state index in [-0.39, 0.29) is 18.6 Å². The van der Waals surface area contributed by atoms with Gasteiger partial charge in [0, 0.05) is 31.4 Å². The van der Waals surface area contributed by atoms with Gasteiger partial charge in [-0.3, -0.25) is 9.78 Å². The second-order valence-corrected chi connectivity index (χ2v) is 6.41. The molecule has 0 spiro atoms. The molecule has 2 heterocycles. The highest BCUT2D eigenvalue weighted by Gasteiger charge is 2.34. The zero-order valence-corrected chi connectivity index (χ0v) is 14.7. The zero-order valence-electron chi connectivity index (χ0n) is 14.7. The van der Waals surface area contributed by atoms with E-state index in [1.54, 1.807) is 0 Å². The van der Waals surface area contributed by atoms with Crippen LogP contribution >= 0.6 is 0 Å². The highest BCUT2D eigenvalue weighted by molar-refractivity contribution is 5.81. The van der Waals surface area contributed by atoms with E-state index in [4.69, 9.17) is 11.2 Å². The Balaban J connectivity index is 1.72. The van der Waals surface area contributed by atoms with Gasteiger partial charge in [-0.25, -0.2) is 0 Å². The summed E-state index contributed by atoms with van der Waals surface area (Å²) in [6.45, 7) is 1.93. The van der Waals surface area contributed by atoms with Crippen molar-refractivity contribution in [3.8, 4) is 12.3 Å². The summed E-state index contributed by atoms with van der Waals surface area (Å²) in [5.41, 5.74) is 1.08. The fourth-order valence-corrected chi connectivity index (χ4v) is 2.89. The third-order valence-electron chi connectivity index (χ3n) is 4.40. The van der Waals surface area contributed by atoms with E-state index < -0.39 is 12.2 Å². The van der Waals surface area contributed by atoms with Gasteiger partial charge in [-0.15, -0.1) is 6.42 Å². The summed E-state index contributed by atoms with van der Waals surface area (Å²) in [5.74, 6) is 2.02. The van der Waals surface area contributed by atoms with Crippen LogP contribution in [0.2, 0.25) is 0 Å². The molecule has 1 aliphatic heterocycles. The van der Waals surface area contributed by atoms with Crippen molar-refractivity contribution in [2.24, 2.45) is 0 Å². The first kappa shape index (κ1) is 19.4. The van der Waals surface area contributed by atoms with Crippen molar-refractivity contribution in [2.75, 3.05) is 26.7 Å². The topological polar surface area (TPSA) is 74.7 Å². The monoisotopic (exact) mass is 345 g/mol. The molecular weight excluding hydrogens is 318 g/mol. The predicted molar refractivity (Wildman–Crippen MR) is 95.8 cm³/mol. The van der Waals surface area contributed by atoms with Crippen LogP contribution in [-0.4, -0.2) is 65.9 Å². The van der Waals surface area contributed by atoms with Crippen LogP contribution in [0.15, 0.2) is 24.4 Å². The van der Waals surface area contributed by atoms with Crippen molar-refractivity contribution in [3.63, 3.8) is 0 Å². The summed E-state index contributed by atoms with van der Waals surface area (Å²) < 4.78 is 5.80. The maximum atomic E-state index is 12.0. The van der Waals surface area contributed by atoms with Crippen molar-refractivity contribution >= 4 is 5.91 Å². The standard InChI is InChI=1S/C19H27N3O3/c1-3-11-21-19(24)18-17(23)8-7-16(25-18)10-14-22(2)13-9-15-6-4-5-12-20-15/h1,4-6,12,16-18,23H,7-11,13-14H2,2H3,(H,21,24). The summed E-state index contributed by atoms with van der Waals surface area (Å²) in [4.78, 5) is 18.6. The van der Waals surface area contributed by atoms with Crippen molar-refractivity contribution in [2.45, 2.75) is 44.0 Å². The third kappa shape index (κ3) is 6.46. The van der Waals surface area contributed by atoms with Crippen molar-refractivity contribution in [3.05, 3.63) is 30.1 Å². The minimum Gasteiger partial charge on any atom is -0.390 e. The molecule has 0 aromatic carbocycles. The van der Waals surface area contributed by atoms with Gasteiger partial charge in [0.25, 0.3) is 5.91 Å². The number of aliphatic hydroxyl groups excluding tert-OH is 1. The second-order valence-electron chi connectivity index (χ2n) is 6.41. The maximum Gasteiger partial charge on any atom is 0.252 e. The molecule has 0 radical (unpaired) electrons. The number of hydrogen-bond acceptors (Lipinski definition) is 5. The van der Waals surface area contributed by atoms with E-state index in [1.165, 1.54) is 0 Å². The van der Waals surface area contributed by atoms with Gasteiger partial charge in [0.1, 0.15) is 0 Å². The van der Waals surface area contributed by atoms with Gasteiger partial charge in [-0.2, -0.15) is 0 Å². The van der Waals surface area contributed by atoms with Crippen LogP contribution in [0.5, 0.6) is 0 Å². The van der Waals surface area contributed by atoms with E-state index in [2.05, 4.69) is 28.2 Å². The zero-order chi connectivity index (χ0) is 18.1. The van der Waals surface area contributed by atoms with Crippen LogP contribution in [0.3, 0.4) is 0 Å². The maximum absolute atomic E-state index is 12.0. The Kier molecular flexibility index (Phi) is 7.86. The Hall–Kier alpha value is -1.94. The van der Waals surface area contributed by atoms with E-state index in [0.717, 1.165) is 38.0 Å². The largest absolute Gasteiger partial charge is 0.390 e. The van der Waals surface area contributed by atoms with E-state index >= 15 is 0 Å². The number of nitrogens with zero attached hydrogens (tertiary/aromatic N) is 2. The summed E-state index contributed by atoms with van der Waals surface area (Å²) in [6.07, 6.45) is 8.38. The first-order valence-electron chi connectivity index (χ1n) is 8.73. The molecule has 0 aliphatic carbocycles. The average molecular weight is 345 g/mol. The number of carbonyl (C=O) groups is 1. The summed E-state index contributed by atoms with van der Waals surface area (Å²) in [6, 6.07) is 5.94. The summed E-state index contributed by atoms with van der Waals surface area (Å²) >= 11 is 0. The molecule has 1 saturated heterocycles. The molecule has 3 unspecified atom stereocenters. The molecule has 1 amide bonds. The Labute approximate surface area is 149 Å². The van der Waals surface area contributed by atoms with Gasteiger partial charge in [-0.05, 0) is 38.4 Å². The Bertz CT molecular complexity index is 573. The lowest BCUT2D eigenvalue weighted by atomic mass is 9.98. The smallest absolute Gasteiger partial charge is 0.252 e. The normalized spacial score (nSPS) is 23.2. The fourth-order valence-electron chi connectivity index (χ4n) is 2.89. The van der Waals surface area contributed by atoms with Gasteiger partial charge >= 0.3 is 0 Å². The lowest BCUT2D eigenvalue weighted by Gasteiger charge is -2.33. The lowest BCUT2D eigenvalue weighted by molar-refractivity contribution is -0.158. The Morgan fingerprint density at radius 3 is 3.04 bits per heavy atom. The lowest BCUT2D eigenvalue weighted by Crippen LogP contribution is -2.49. The van der Waals surface area contributed by atoms with E-state index in [1.807, 2.05) is 24.4 Å². The third-order valence-corrected chi connectivity index (χ3v) is 4.40. The SMILES string of the molecule is C#CCNC(=O)C1OC(CCN(C)CCc2ccccn2)CCC1O. The highest BCUT2D eigenvalue weighted by Crippen LogP contribution is 2.22. The minimum absolute atomic E-state index is 0.0257. The Morgan fingerprint density at radius 1 is 1.48 bits per heavy atom. The van der Waals surface area contributed by atoms with Crippen molar-refractivity contribution in [1.29, 1.82) is 0 Å². The van der Waals surface area contributed by atoms with Crippen molar-refractivity contribution in [1.82, 2.24) is 15.2 Å². The number of nitrogens with one attached hydrogen (secondary N) is 1. The number of pyridine rings is 1. The molecule has 25 heavy (non-hydrogen) atoms. The molecule has 2 rings (SSSR count). The average Bonchev–Trinajstić information content (AvgIpc) is 2.64. The number of hydrogen-bond donors (Lipinski definition) is 2. The number of amides is 1. The molecule has 1 aliphatic rings. The van der Waals surface area contributed by atoms with E-state index in [0.29, 0.717) is 6.42 Å². The first-order valence-corrected chi connectivity index (χ1v) is 8.73. The van der Waals surface area contributed by atoms with Gasteiger partial charge < -0.3 is 20.1 Å². The molecular formula is C19H27N3O3. The van der Waals surface area contributed by atoms with Gasteiger partial charge in [0.05, 0.1) is 18.8 Å². The minimum atomic E-state index is -0.828. The van der Waals surface area contributed by atoms with E-state index in [9.17, 15) is 9.90 Å². The number of ether oxygens (including phenoxy) is 1. The number of likely N-dealkylation sites (N-methyl/N-ethyl adjacent to an activating group) is 1. The predicted octanol–water partition coefficient (Wildman–Crippen LogP) is 0.604. The van der Waals surface area contributed by atoms with Gasteiger partial charge in [-0.1, -0.05) is 12.0 Å². The molecule has 136 valence electrons. The van der Waals surface area contributed by atoms with Crippen LogP contribution < -0.4 is 5.32 Å². The Morgan fingerprint density at radius 2 is 2.32 bits per heavy atom.